The van der Waals surface area contributed by atoms with E-state index in [9.17, 15) is 0 Å². The van der Waals surface area contributed by atoms with Gasteiger partial charge in [-0.15, -0.1) is 11.3 Å². The molecule has 3 heterocycles. The van der Waals surface area contributed by atoms with Crippen molar-refractivity contribution in [2.45, 2.75) is 0 Å². The van der Waals surface area contributed by atoms with E-state index in [1.807, 2.05) is 47.8 Å². The van der Waals surface area contributed by atoms with Crippen molar-refractivity contribution >= 4 is 22.2 Å². The second-order valence-electron chi connectivity index (χ2n) is 4.64. The summed E-state index contributed by atoms with van der Waals surface area (Å²) in [7, 11) is 1.58. The number of benzene rings is 1. The van der Waals surface area contributed by atoms with E-state index in [-0.39, 0.29) is 0 Å². The van der Waals surface area contributed by atoms with Crippen molar-refractivity contribution in [3.05, 3.63) is 47.8 Å². The number of methoxy groups -OCH3 is 1. The fourth-order valence-electron chi connectivity index (χ4n) is 2.25. The van der Waals surface area contributed by atoms with Gasteiger partial charge in [-0.1, -0.05) is 29.4 Å². The molecule has 3 aromatic heterocycles. The van der Waals surface area contributed by atoms with Gasteiger partial charge >= 0.3 is 0 Å². The molecule has 5 nitrogen and oxygen atoms in total. The maximum absolute atomic E-state index is 5.38. The number of rotatable bonds is 3. The molecule has 0 saturated carbocycles. The van der Waals surface area contributed by atoms with Gasteiger partial charge in [-0.25, -0.2) is 4.98 Å². The highest BCUT2D eigenvalue weighted by Crippen LogP contribution is 2.32. The third-order valence-corrected chi connectivity index (χ3v) is 4.14. The number of para-hydroxylation sites is 1. The van der Waals surface area contributed by atoms with Crippen LogP contribution in [0.3, 0.4) is 0 Å². The smallest absolute Gasteiger partial charge is 0.268 e. The zero-order valence-corrected chi connectivity index (χ0v) is 12.5. The fourth-order valence-corrected chi connectivity index (χ4v) is 2.89. The molecule has 4 rings (SSSR count). The van der Waals surface area contributed by atoms with Crippen LogP contribution in [0.25, 0.3) is 33.1 Å². The summed E-state index contributed by atoms with van der Waals surface area (Å²) < 4.78 is 10.7. The van der Waals surface area contributed by atoms with Crippen LogP contribution in [0.5, 0.6) is 5.88 Å². The first kappa shape index (κ1) is 13.0. The maximum atomic E-state index is 5.38. The number of hydrogen-bond acceptors (Lipinski definition) is 6. The lowest BCUT2D eigenvalue weighted by Gasteiger charge is -2.06. The van der Waals surface area contributed by atoms with Gasteiger partial charge in [0.15, 0.2) is 0 Å². The van der Waals surface area contributed by atoms with Gasteiger partial charge in [0, 0.05) is 5.39 Å². The number of thiophene rings is 1. The summed E-state index contributed by atoms with van der Waals surface area (Å²) in [5.74, 6) is 1.45. The van der Waals surface area contributed by atoms with Crippen LogP contribution in [-0.4, -0.2) is 22.2 Å². The first-order valence-electron chi connectivity index (χ1n) is 6.67. The average Bonchev–Trinajstić information content (AvgIpc) is 3.24. The molecule has 0 N–H and O–H groups in total. The predicted molar refractivity (Wildman–Crippen MR) is 84.9 cm³/mol. The monoisotopic (exact) mass is 309 g/mol. The lowest BCUT2D eigenvalue weighted by molar-refractivity contribution is 0.399. The first-order chi connectivity index (χ1) is 10.8. The van der Waals surface area contributed by atoms with Crippen molar-refractivity contribution in [2.24, 2.45) is 0 Å². The number of aromatic nitrogens is 3. The molecule has 0 aliphatic heterocycles. The van der Waals surface area contributed by atoms with E-state index in [1.54, 1.807) is 18.4 Å². The molecule has 0 unspecified atom stereocenters. The molecule has 4 aromatic rings. The molecular formula is C16H11N3O2S. The molecule has 0 spiro atoms. The van der Waals surface area contributed by atoms with E-state index >= 15 is 0 Å². The van der Waals surface area contributed by atoms with Gasteiger partial charge in [0.25, 0.3) is 5.89 Å². The van der Waals surface area contributed by atoms with Gasteiger partial charge < -0.3 is 9.26 Å². The maximum Gasteiger partial charge on any atom is 0.268 e. The summed E-state index contributed by atoms with van der Waals surface area (Å²) in [5.41, 5.74) is 1.58. The number of ether oxygens (including phenoxy) is 1. The topological polar surface area (TPSA) is 61.0 Å². The molecule has 22 heavy (non-hydrogen) atoms. The molecule has 0 fully saturated rings. The van der Waals surface area contributed by atoms with Crippen LogP contribution >= 0.6 is 11.3 Å². The van der Waals surface area contributed by atoms with Crippen LogP contribution in [0, 0.1) is 0 Å². The minimum Gasteiger partial charge on any atom is -0.480 e. The van der Waals surface area contributed by atoms with Crippen molar-refractivity contribution < 1.29 is 9.26 Å². The zero-order valence-electron chi connectivity index (χ0n) is 11.7. The van der Waals surface area contributed by atoms with Crippen LogP contribution in [0.15, 0.2) is 52.4 Å². The SMILES string of the molecule is COc1nc2ccccc2cc1-c1noc(-c2cccs2)n1. The lowest BCUT2D eigenvalue weighted by atomic mass is 10.1. The Labute approximate surface area is 130 Å². The molecular weight excluding hydrogens is 298 g/mol. The molecule has 0 aliphatic carbocycles. The van der Waals surface area contributed by atoms with Crippen LogP contribution in [0.2, 0.25) is 0 Å². The van der Waals surface area contributed by atoms with Gasteiger partial charge in [-0.3, -0.25) is 0 Å². The molecule has 0 amide bonds. The third-order valence-electron chi connectivity index (χ3n) is 3.28. The minimum atomic E-state index is 0.471. The normalized spacial score (nSPS) is 11.0. The molecule has 6 heteroatoms. The quantitative estimate of drug-likeness (QED) is 0.572. The number of nitrogens with zero attached hydrogens (tertiary/aromatic N) is 3. The molecule has 1 aromatic carbocycles. The molecule has 0 radical (unpaired) electrons. The summed E-state index contributed by atoms with van der Waals surface area (Å²) in [6.07, 6.45) is 0. The molecule has 0 saturated heterocycles. The van der Waals surface area contributed by atoms with E-state index in [1.165, 1.54) is 0 Å². The summed E-state index contributed by atoms with van der Waals surface area (Å²) in [4.78, 5) is 9.89. The summed E-state index contributed by atoms with van der Waals surface area (Å²) in [5, 5.41) is 7.03. The van der Waals surface area contributed by atoms with Gasteiger partial charge in [0.2, 0.25) is 11.7 Å². The second-order valence-corrected chi connectivity index (χ2v) is 5.59. The number of fused-ring (bicyclic) bond motifs is 1. The third kappa shape index (κ3) is 2.14. The number of pyridine rings is 1. The Morgan fingerprint density at radius 2 is 2.00 bits per heavy atom. The van der Waals surface area contributed by atoms with E-state index in [4.69, 9.17) is 9.26 Å². The molecule has 0 atom stereocenters. The summed E-state index contributed by atoms with van der Waals surface area (Å²) in [6, 6.07) is 13.7. The summed E-state index contributed by atoms with van der Waals surface area (Å²) in [6.45, 7) is 0. The Kier molecular flexibility index (Phi) is 3.08. The fraction of sp³-hybridized carbons (Fsp3) is 0.0625. The molecule has 108 valence electrons. The summed E-state index contributed by atoms with van der Waals surface area (Å²) >= 11 is 1.55. The van der Waals surface area contributed by atoms with Gasteiger partial charge in [0.1, 0.15) is 0 Å². The van der Waals surface area contributed by atoms with E-state index < -0.39 is 0 Å². The first-order valence-corrected chi connectivity index (χ1v) is 7.55. The molecule has 0 aliphatic rings. The van der Waals surface area contributed by atoms with Crippen LogP contribution < -0.4 is 4.74 Å². The Bertz CT molecular complexity index is 932. The second kappa shape index (κ2) is 5.23. The van der Waals surface area contributed by atoms with Crippen molar-refractivity contribution in [1.82, 2.24) is 15.1 Å². The zero-order chi connectivity index (χ0) is 14.9. The minimum absolute atomic E-state index is 0.471. The van der Waals surface area contributed by atoms with Crippen LogP contribution in [0.1, 0.15) is 0 Å². The lowest BCUT2D eigenvalue weighted by Crippen LogP contribution is -1.94. The van der Waals surface area contributed by atoms with Gasteiger partial charge in [0.05, 0.1) is 23.1 Å². The van der Waals surface area contributed by atoms with Crippen molar-refractivity contribution in [2.75, 3.05) is 7.11 Å². The van der Waals surface area contributed by atoms with Gasteiger partial charge in [-0.05, 0) is 23.6 Å². The number of hydrogen-bond donors (Lipinski definition) is 0. The standard InChI is InChI=1S/C16H11N3O2S/c1-20-15-11(9-10-5-2-3-6-12(10)17-15)14-18-16(21-19-14)13-7-4-8-22-13/h2-9H,1H3. The Morgan fingerprint density at radius 3 is 2.82 bits per heavy atom. The highest BCUT2D eigenvalue weighted by atomic mass is 32.1. The van der Waals surface area contributed by atoms with E-state index in [2.05, 4.69) is 15.1 Å². The Hall–Kier alpha value is -2.73. The van der Waals surface area contributed by atoms with E-state index in [0.29, 0.717) is 23.2 Å². The molecule has 0 bridgehead atoms. The highest BCUT2D eigenvalue weighted by molar-refractivity contribution is 7.13. The average molecular weight is 309 g/mol. The van der Waals surface area contributed by atoms with Gasteiger partial charge in [-0.2, -0.15) is 4.98 Å². The largest absolute Gasteiger partial charge is 0.480 e. The van der Waals surface area contributed by atoms with Crippen molar-refractivity contribution in [1.29, 1.82) is 0 Å². The predicted octanol–water partition coefficient (Wildman–Crippen LogP) is 4.02. The van der Waals surface area contributed by atoms with Crippen molar-refractivity contribution in [3.8, 4) is 28.0 Å². The van der Waals surface area contributed by atoms with Crippen molar-refractivity contribution in [3.63, 3.8) is 0 Å². The van der Waals surface area contributed by atoms with Crippen LogP contribution in [-0.2, 0) is 0 Å². The Balaban J connectivity index is 1.86. The van der Waals surface area contributed by atoms with Crippen LogP contribution in [0.4, 0.5) is 0 Å². The Morgan fingerprint density at radius 1 is 1.09 bits per heavy atom. The van der Waals surface area contributed by atoms with E-state index in [0.717, 1.165) is 15.8 Å². The highest BCUT2D eigenvalue weighted by Gasteiger charge is 2.17.